The van der Waals surface area contributed by atoms with E-state index in [9.17, 15) is 9.59 Å². The van der Waals surface area contributed by atoms with Crippen molar-refractivity contribution in [2.75, 3.05) is 19.7 Å². The smallest absolute Gasteiger partial charge is 0.317 e. The van der Waals surface area contributed by atoms with Crippen LogP contribution in [0.15, 0.2) is 24.3 Å². The minimum absolute atomic E-state index is 0.0932. The van der Waals surface area contributed by atoms with Crippen LogP contribution in [0.4, 0.5) is 4.79 Å². The Kier molecular flexibility index (Phi) is 6.28. The molecule has 1 aliphatic heterocycles. The van der Waals surface area contributed by atoms with Gasteiger partial charge in [-0.3, -0.25) is 4.79 Å². The van der Waals surface area contributed by atoms with Gasteiger partial charge in [-0.1, -0.05) is 23.7 Å². The Morgan fingerprint density at radius 2 is 2.09 bits per heavy atom. The van der Waals surface area contributed by atoms with E-state index in [1.807, 2.05) is 25.1 Å². The number of urea groups is 1. The van der Waals surface area contributed by atoms with Gasteiger partial charge in [0.25, 0.3) is 0 Å². The van der Waals surface area contributed by atoms with E-state index in [2.05, 4.69) is 5.32 Å². The maximum atomic E-state index is 12.3. The van der Waals surface area contributed by atoms with Crippen LogP contribution in [0, 0.1) is 5.92 Å². The largest absolute Gasteiger partial charge is 0.466 e. The van der Waals surface area contributed by atoms with E-state index in [1.165, 1.54) is 0 Å². The summed E-state index contributed by atoms with van der Waals surface area (Å²) in [5, 5.41) is 3.63. The fourth-order valence-corrected chi connectivity index (χ4v) is 2.91. The van der Waals surface area contributed by atoms with E-state index in [-0.39, 0.29) is 24.0 Å². The number of esters is 1. The molecule has 2 rings (SSSR count). The van der Waals surface area contributed by atoms with Crippen molar-refractivity contribution < 1.29 is 14.3 Å². The molecule has 126 valence electrons. The summed E-state index contributed by atoms with van der Waals surface area (Å²) >= 11 is 5.98. The topological polar surface area (TPSA) is 58.6 Å². The van der Waals surface area contributed by atoms with Gasteiger partial charge in [-0.15, -0.1) is 0 Å². The monoisotopic (exact) mass is 338 g/mol. The van der Waals surface area contributed by atoms with Gasteiger partial charge in [-0.2, -0.15) is 0 Å². The van der Waals surface area contributed by atoms with Crippen LogP contribution in [0.3, 0.4) is 0 Å². The first-order valence-electron chi connectivity index (χ1n) is 7.98. The third-order valence-electron chi connectivity index (χ3n) is 4.09. The second-order valence-corrected chi connectivity index (χ2v) is 6.18. The molecule has 1 aromatic carbocycles. The van der Waals surface area contributed by atoms with Crippen molar-refractivity contribution >= 4 is 23.6 Å². The summed E-state index contributed by atoms with van der Waals surface area (Å²) in [6, 6.07) is 7.22. The number of hydrogen-bond acceptors (Lipinski definition) is 3. The summed E-state index contributed by atoms with van der Waals surface area (Å²) in [7, 11) is 0. The van der Waals surface area contributed by atoms with Crippen molar-refractivity contribution in [3.63, 3.8) is 0 Å². The molecule has 23 heavy (non-hydrogen) atoms. The van der Waals surface area contributed by atoms with Crippen LogP contribution in [-0.2, 0) is 9.53 Å². The van der Waals surface area contributed by atoms with Crippen molar-refractivity contribution in [3.05, 3.63) is 34.9 Å². The number of amides is 2. The summed E-state index contributed by atoms with van der Waals surface area (Å²) < 4.78 is 5.04. The minimum atomic E-state index is -0.153. The first-order chi connectivity index (χ1) is 11.0. The van der Waals surface area contributed by atoms with E-state index in [0.717, 1.165) is 5.56 Å². The highest BCUT2D eigenvalue weighted by molar-refractivity contribution is 6.30. The van der Waals surface area contributed by atoms with Gasteiger partial charge in [0.15, 0.2) is 0 Å². The van der Waals surface area contributed by atoms with E-state index in [0.29, 0.717) is 37.6 Å². The number of piperidine rings is 1. The SMILES string of the molecule is CCOC(=O)C1CCN(C(=O)NC(C)c2cccc(Cl)c2)CC1. The number of nitrogens with zero attached hydrogens (tertiary/aromatic N) is 1. The number of benzene rings is 1. The molecule has 1 aliphatic rings. The van der Waals surface area contributed by atoms with Gasteiger partial charge in [0.2, 0.25) is 0 Å². The predicted molar refractivity (Wildman–Crippen MR) is 89.3 cm³/mol. The first kappa shape index (κ1) is 17.6. The molecular weight excluding hydrogens is 316 g/mol. The molecule has 0 saturated carbocycles. The molecule has 1 fully saturated rings. The maximum Gasteiger partial charge on any atom is 0.317 e. The lowest BCUT2D eigenvalue weighted by molar-refractivity contribution is -0.149. The van der Waals surface area contributed by atoms with Gasteiger partial charge in [0, 0.05) is 18.1 Å². The number of carbonyl (C=O) groups excluding carboxylic acids is 2. The lowest BCUT2D eigenvalue weighted by Crippen LogP contribution is -2.46. The molecule has 0 radical (unpaired) electrons. The van der Waals surface area contributed by atoms with Crippen LogP contribution in [-0.4, -0.2) is 36.6 Å². The van der Waals surface area contributed by atoms with Crippen molar-refractivity contribution in [1.82, 2.24) is 10.2 Å². The summed E-state index contributed by atoms with van der Waals surface area (Å²) in [5.74, 6) is -0.246. The quantitative estimate of drug-likeness (QED) is 0.856. The molecule has 0 spiro atoms. The molecule has 2 amide bonds. The number of carbonyl (C=O) groups is 2. The summed E-state index contributed by atoms with van der Waals surface area (Å²) in [4.78, 5) is 25.8. The van der Waals surface area contributed by atoms with Crippen LogP contribution in [0.1, 0.15) is 38.3 Å². The van der Waals surface area contributed by atoms with Crippen molar-refractivity contribution in [1.29, 1.82) is 0 Å². The minimum Gasteiger partial charge on any atom is -0.466 e. The maximum absolute atomic E-state index is 12.3. The van der Waals surface area contributed by atoms with E-state index < -0.39 is 0 Å². The third kappa shape index (κ3) is 4.86. The van der Waals surface area contributed by atoms with Gasteiger partial charge >= 0.3 is 12.0 Å². The van der Waals surface area contributed by atoms with E-state index >= 15 is 0 Å². The molecule has 5 nitrogen and oxygen atoms in total. The number of likely N-dealkylation sites (tertiary alicyclic amines) is 1. The number of rotatable bonds is 4. The second-order valence-electron chi connectivity index (χ2n) is 5.74. The van der Waals surface area contributed by atoms with Gasteiger partial charge in [-0.25, -0.2) is 4.79 Å². The lowest BCUT2D eigenvalue weighted by atomic mass is 9.97. The highest BCUT2D eigenvalue weighted by Gasteiger charge is 2.28. The highest BCUT2D eigenvalue weighted by atomic mass is 35.5. The van der Waals surface area contributed by atoms with Gasteiger partial charge in [-0.05, 0) is 44.4 Å². The average molecular weight is 339 g/mol. The number of hydrogen-bond donors (Lipinski definition) is 1. The van der Waals surface area contributed by atoms with Crippen molar-refractivity contribution in [2.45, 2.75) is 32.7 Å². The second kappa shape index (κ2) is 8.20. The summed E-state index contributed by atoms with van der Waals surface area (Å²) in [5.41, 5.74) is 0.965. The van der Waals surface area contributed by atoms with E-state index in [4.69, 9.17) is 16.3 Å². The molecule has 1 unspecified atom stereocenters. The zero-order valence-electron chi connectivity index (χ0n) is 13.5. The lowest BCUT2D eigenvalue weighted by Gasteiger charge is -2.32. The molecule has 0 aliphatic carbocycles. The molecule has 1 atom stereocenters. The zero-order valence-corrected chi connectivity index (χ0v) is 14.3. The molecule has 1 N–H and O–H groups in total. The van der Waals surface area contributed by atoms with E-state index in [1.54, 1.807) is 17.9 Å². The zero-order chi connectivity index (χ0) is 16.8. The van der Waals surface area contributed by atoms with Crippen LogP contribution < -0.4 is 5.32 Å². The fraction of sp³-hybridized carbons (Fsp3) is 0.529. The standard InChI is InChI=1S/C17H23ClN2O3/c1-3-23-16(21)13-7-9-20(10-8-13)17(22)19-12(2)14-5-4-6-15(18)11-14/h4-6,11-13H,3,7-10H2,1-2H3,(H,19,22). The Hall–Kier alpha value is -1.75. The van der Waals surface area contributed by atoms with Crippen molar-refractivity contribution in [3.8, 4) is 0 Å². The fourth-order valence-electron chi connectivity index (χ4n) is 2.71. The Labute approximate surface area is 141 Å². The van der Waals surface area contributed by atoms with Gasteiger partial charge in [0.1, 0.15) is 0 Å². The Balaban J connectivity index is 1.84. The van der Waals surface area contributed by atoms with Crippen LogP contribution in [0.5, 0.6) is 0 Å². The molecule has 0 bridgehead atoms. The molecule has 1 aromatic rings. The molecule has 6 heteroatoms. The molecule has 1 saturated heterocycles. The number of ether oxygens (including phenoxy) is 1. The Morgan fingerprint density at radius 3 is 2.70 bits per heavy atom. The van der Waals surface area contributed by atoms with Crippen molar-refractivity contribution in [2.24, 2.45) is 5.92 Å². The van der Waals surface area contributed by atoms with Crippen LogP contribution >= 0.6 is 11.6 Å². The highest BCUT2D eigenvalue weighted by Crippen LogP contribution is 2.21. The van der Waals surface area contributed by atoms with Crippen LogP contribution in [0.2, 0.25) is 5.02 Å². The first-order valence-corrected chi connectivity index (χ1v) is 8.36. The third-order valence-corrected chi connectivity index (χ3v) is 4.33. The molecule has 0 aromatic heterocycles. The summed E-state index contributed by atoms with van der Waals surface area (Å²) in [6.07, 6.45) is 1.30. The van der Waals surface area contributed by atoms with Gasteiger partial charge < -0.3 is 15.0 Å². The average Bonchev–Trinajstić information content (AvgIpc) is 2.55. The normalized spacial score (nSPS) is 16.7. The summed E-state index contributed by atoms with van der Waals surface area (Å²) in [6.45, 7) is 5.26. The molecule has 1 heterocycles. The number of halogens is 1. The number of nitrogens with one attached hydrogen (secondary N) is 1. The van der Waals surface area contributed by atoms with Crippen LogP contribution in [0.25, 0.3) is 0 Å². The Bertz CT molecular complexity index is 557. The predicted octanol–water partition coefficient (Wildman–Crippen LogP) is 3.39. The molecular formula is C17H23ClN2O3. The van der Waals surface area contributed by atoms with Gasteiger partial charge in [0.05, 0.1) is 18.6 Å². The Morgan fingerprint density at radius 1 is 1.39 bits per heavy atom.